The molecule has 2 heteroatoms. The maximum Gasteiger partial charge on any atom is 0.116 e. The Balaban J connectivity index is 1.68. The summed E-state index contributed by atoms with van der Waals surface area (Å²) in [5.41, 5.74) is 7.79. The van der Waals surface area contributed by atoms with Crippen molar-refractivity contribution in [3.05, 3.63) is 138 Å². The van der Waals surface area contributed by atoms with E-state index in [9.17, 15) is 5.11 Å². The molecule has 1 heterocycles. The van der Waals surface area contributed by atoms with Crippen molar-refractivity contribution in [3.8, 4) is 11.1 Å². The largest absolute Gasteiger partial charge is 0.508 e. The molecule has 0 saturated carbocycles. The number of pyridine rings is 1. The van der Waals surface area contributed by atoms with Gasteiger partial charge in [0.1, 0.15) is 5.76 Å². The van der Waals surface area contributed by atoms with Crippen LogP contribution in [0.2, 0.25) is 0 Å². The van der Waals surface area contributed by atoms with Crippen molar-refractivity contribution in [2.45, 2.75) is 31.1 Å². The summed E-state index contributed by atoms with van der Waals surface area (Å²) >= 11 is 0. The van der Waals surface area contributed by atoms with Crippen LogP contribution in [0.1, 0.15) is 41.6 Å². The minimum Gasteiger partial charge on any atom is -0.508 e. The highest BCUT2D eigenvalue weighted by molar-refractivity contribution is 5.89. The van der Waals surface area contributed by atoms with Gasteiger partial charge in [0.25, 0.3) is 0 Å². The Labute approximate surface area is 200 Å². The molecule has 0 amide bonds. The second-order valence-corrected chi connectivity index (χ2v) is 9.21. The number of nitrogens with zero attached hydrogens (tertiary/aromatic N) is 1. The minimum absolute atomic E-state index is 0.388. The first-order chi connectivity index (χ1) is 16.7. The third kappa shape index (κ3) is 2.99. The molecule has 0 aliphatic heterocycles. The summed E-state index contributed by atoms with van der Waals surface area (Å²) < 4.78 is 0. The van der Waals surface area contributed by atoms with Gasteiger partial charge in [0.15, 0.2) is 0 Å². The van der Waals surface area contributed by atoms with E-state index < -0.39 is 5.41 Å². The van der Waals surface area contributed by atoms with Crippen LogP contribution in [-0.2, 0) is 11.8 Å². The van der Waals surface area contributed by atoms with Gasteiger partial charge >= 0.3 is 0 Å². The number of aromatic nitrogens is 1. The monoisotopic (exact) mass is 441 g/mol. The van der Waals surface area contributed by atoms with Crippen LogP contribution in [0.25, 0.3) is 21.9 Å². The zero-order valence-corrected chi connectivity index (χ0v) is 19.2. The minimum atomic E-state index is -0.527. The first-order valence-corrected chi connectivity index (χ1v) is 12.0. The van der Waals surface area contributed by atoms with Crippen LogP contribution in [0.3, 0.4) is 0 Å². The Kier molecular flexibility index (Phi) is 4.95. The molecule has 0 saturated heterocycles. The number of hydrogen-bond acceptors (Lipinski definition) is 2. The van der Waals surface area contributed by atoms with Gasteiger partial charge in [-0.2, -0.15) is 0 Å². The first-order valence-electron chi connectivity index (χ1n) is 12.0. The van der Waals surface area contributed by atoms with Crippen LogP contribution in [0.4, 0.5) is 0 Å². The van der Waals surface area contributed by atoms with Crippen molar-refractivity contribution in [2.75, 3.05) is 0 Å². The number of fused-ring (bicyclic) bond motifs is 4. The van der Waals surface area contributed by atoms with Gasteiger partial charge in [0, 0.05) is 17.3 Å². The van der Waals surface area contributed by atoms with E-state index in [1.54, 1.807) is 0 Å². The summed E-state index contributed by atoms with van der Waals surface area (Å²) in [6, 6.07) is 26.3. The number of rotatable bonds is 5. The predicted molar refractivity (Wildman–Crippen MR) is 140 cm³/mol. The Hall–Kier alpha value is -3.91. The molecule has 1 aromatic heterocycles. The summed E-state index contributed by atoms with van der Waals surface area (Å²) in [5.74, 6) is 0.388. The third-order valence-corrected chi connectivity index (χ3v) is 7.37. The molecule has 0 atom stereocenters. The van der Waals surface area contributed by atoms with E-state index >= 15 is 0 Å². The molecule has 0 spiro atoms. The fourth-order valence-electron chi connectivity index (χ4n) is 5.88. The zero-order chi connectivity index (χ0) is 23.1. The normalized spacial score (nSPS) is 15.9. The highest BCUT2D eigenvalue weighted by Gasteiger charge is 2.48. The van der Waals surface area contributed by atoms with Gasteiger partial charge in [-0.25, -0.2) is 0 Å². The topological polar surface area (TPSA) is 33.1 Å². The molecule has 2 aliphatic rings. The van der Waals surface area contributed by atoms with Crippen LogP contribution in [0.15, 0.2) is 115 Å². The molecule has 6 rings (SSSR count). The van der Waals surface area contributed by atoms with Gasteiger partial charge in [-0.3, -0.25) is 4.98 Å². The van der Waals surface area contributed by atoms with E-state index in [0.717, 1.165) is 42.3 Å². The first kappa shape index (κ1) is 20.7. The number of allylic oxidation sites excluding steroid dienone is 4. The second kappa shape index (κ2) is 8.14. The summed E-state index contributed by atoms with van der Waals surface area (Å²) in [5, 5.41) is 13.5. The van der Waals surface area contributed by atoms with E-state index in [1.165, 1.54) is 33.2 Å². The fraction of sp³-hybridized carbons (Fsp3) is 0.156. The van der Waals surface area contributed by atoms with Gasteiger partial charge in [0.05, 0.1) is 5.41 Å². The molecule has 166 valence electrons. The highest BCUT2D eigenvalue weighted by atomic mass is 16.3. The molecule has 0 bridgehead atoms. The van der Waals surface area contributed by atoms with Crippen LogP contribution in [0.5, 0.6) is 0 Å². The number of aliphatic hydroxyl groups excluding tert-OH is 1. The fourth-order valence-corrected chi connectivity index (χ4v) is 5.88. The lowest BCUT2D eigenvalue weighted by atomic mass is 9.65. The number of aryl methyl sites for hydroxylation is 1. The van der Waals surface area contributed by atoms with Gasteiger partial charge < -0.3 is 5.11 Å². The van der Waals surface area contributed by atoms with Gasteiger partial charge in [0.2, 0.25) is 0 Å². The molecular formula is C32H27NO. The van der Waals surface area contributed by atoms with Crippen LogP contribution in [0, 0.1) is 0 Å². The van der Waals surface area contributed by atoms with Gasteiger partial charge in [-0.05, 0) is 82.7 Å². The quantitative estimate of drug-likeness (QED) is 0.320. The van der Waals surface area contributed by atoms with Crippen molar-refractivity contribution in [1.82, 2.24) is 4.98 Å². The Morgan fingerprint density at radius 2 is 1.65 bits per heavy atom. The zero-order valence-electron chi connectivity index (χ0n) is 19.2. The molecule has 34 heavy (non-hydrogen) atoms. The predicted octanol–water partition coefficient (Wildman–Crippen LogP) is 7.83. The number of hydrogen-bond donors (Lipinski definition) is 1. The Morgan fingerprint density at radius 3 is 2.35 bits per heavy atom. The van der Waals surface area contributed by atoms with Crippen molar-refractivity contribution in [3.63, 3.8) is 0 Å². The van der Waals surface area contributed by atoms with E-state index in [2.05, 4.69) is 90.4 Å². The van der Waals surface area contributed by atoms with E-state index in [0.29, 0.717) is 5.76 Å². The summed E-state index contributed by atoms with van der Waals surface area (Å²) in [7, 11) is 0. The van der Waals surface area contributed by atoms with Crippen LogP contribution in [-0.4, -0.2) is 10.1 Å². The van der Waals surface area contributed by atoms with Crippen LogP contribution >= 0.6 is 0 Å². The number of benzene rings is 3. The molecule has 3 aromatic carbocycles. The second-order valence-electron chi connectivity index (χ2n) is 9.21. The van der Waals surface area contributed by atoms with E-state index in [1.807, 2.05) is 18.3 Å². The standard InChI is InChI=1S/C32H27NO/c1-2-3-10-25-20-23-19-24(18-17-22(23)21-33-25)32(30-15-8-9-16-31(30)34)28-13-6-4-11-26(28)27-12-5-7-14-29(27)32/h2,4-7,9,11-14,16-21,34H,1,3,8,10,15H2. The van der Waals surface area contributed by atoms with Crippen molar-refractivity contribution < 1.29 is 5.11 Å². The lowest BCUT2D eigenvalue weighted by Gasteiger charge is -2.37. The highest BCUT2D eigenvalue weighted by Crippen LogP contribution is 2.58. The molecule has 0 radical (unpaired) electrons. The molecule has 1 N–H and O–H groups in total. The smallest absolute Gasteiger partial charge is 0.116 e. The summed E-state index contributed by atoms with van der Waals surface area (Å²) in [4.78, 5) is 4.66. The maximum absolute atomic E-state index is 11.2. The molecule has 2 nitrogen and oxygen atoms in total. The van der Waals surface area contributed by atoms with Crippen LogP contribution < -0.4 is 0 Å². The van der Waals surface area contributed by atoms with E-state index in [-0.39, 0.29) is 0 Å². The average molecular weight is 442 g/mol. The number of aliphatic hydroxyl groups is 1. The Morgan fingerprint density at radius 1 is 0.912 bits per heavy atom. The van der Waals surface area contributed by atoms with Crippen molar-refractivity contribution >= 4 is 10.8 Å². The van der Waals surface area contributed by atoms with E-state index in [4.69, 9.17) is 0 Å². The SMILES string of the molecule is C=CCCc1cc2cc(C3(C4=C(O)C=CCC4)c4ccccc4-c4ccccc43)ccc2cn1. The lowest BCUT2D eigenvalue weighted by molar-refractivity contribution is 0.407. The van der Waals surface area contributed by atoms with Gasteiger partial charge in [-0.15, -0.1) is 6.58 Å². The Bertz CT molecular complexity index is 1440. The third-order valence-electron chi connectivity index (χ3n) is 7.37. The van der Waals surface area contributed by atoms with Crippen molar-refractivity contribution in [2.24, 2.45) is 0 Å². The molecule has 4 aromatic rings. The summed E-state index contributed by atoms with van der Waals surface area (Å²) in [6.07, 6.45) is 11.4. The molecule has 0 fully saturated rings. The molecular weight excluding hydrogens is 414 g/mol. The summed E-state index contributed by atoms with van der Waals surface area (Å²) in [6.45, 7) is 3.85. The van der Waals surface area contributed by atoms with Crippen molar-refractivity contribution in [1.29, 1.82) is 0 Å². The molecule has 2 aliphatic carbocycles. The molecule has 0 unspecified atom stereocenters. The van der Waals surface area contributed by atoms with Gasteiger partial charge in [-0.1, -0.05) is 72.8 Å². The maximum atomic E-state index is 11.2. The average Bonchev–Trinajstić information content (AvgIpc) is 3.18. The lowest BCUT2D eigenvalue weighted by Crippen LogP contribution is -2.31.